The molecule has 0 aromatic heterocycles. The first kappa shape index (κ1) is 30.9. The number of anilines is 2. The molecular weight excluding hydrogens is 573 g/mol. The van der Waals surface area contributed by atoms with Gasteiger partial charge >= 0.3 is 6.18 Å². The van der Waals surface area contributed by atoms with Gasteiger partial charge in [0, 0.05) is 68.5 Å². The monoisotopic (exact) mass is 603 g/mol. The van der Waals surface area contributed by atoms with Crippen LogP contribution in [0, 0.1) is 11.6 Å². The van der Waals surface area contributed by atoms with E-state index in [2.05, 4.69) is 10.6 Å². The zero-order valence-electron chi connectivity index (χ0n) is 22.1. The van der Waals surface area contributed by atoms with Gasteiger partial charge in [-0.1, -0.05) is 11.6 Å². The van der Waals surface area contributed by atoms with Crippen molar-refractivity contribution in [2.24, 2.45) is 0 Å². The second-order valence-corrected chi connectivity index (χ2v) is 10.6. The number of aliphatic hydroxyl groups is 1. The molecule has 0 spiro atoms. The number of carbonyl (C=O) groups excluding carboxylic acids is 2. The molecule has 2 aromatic rings. The van der Waals surface area contributed by atoms with Crippen LogP contribution in [-0.2, 0) is 11.3 Å². The quantitative estimate of drug-likeness (QED) is 0.380. The van der Waals surface area contributed by atoms with Crippen LogP contribution >= 0.6 is 11.6 Å². The van der Waals surface area contributed by atoms with Crippen LogP contribution in [0.3, 0.4) is 0 Å². The molecule has 224 valence electrons. The van der Waals surface area contributed by atoms with Gasteiger partial charge in [-0.25, -0.2) is 8.78 Å². The Morgan fingerprint density at radius 2 is 1.76 bits per heavy atom. The van der Waals surface area contributed by atoms with Crippen molar-refractivity contribution in [2.75, 3.05) is 62.6 Å². The smallest absolute Gasteiger partial charge is 0.390 e. The number of β-amino-alcohol motifs (C(OH)–C–C–N with tert-alkyl or cyclic N) is 1. The number of likely N-dealkylation sites (tertiary alicyclic amines) is 1. The largest absolute Gasteiger partial charge is 0.392 e. The number of piperazine rings is 1. The summed E-state index contributed by atoms with van der Waals surface area (Å²) in [6, 6.07) is 6.66. The van der Waals surface area contributed by atoms with E-state index in [1.807, 2.05) is 4.90 Å². The van der Waals surface area contributed by atoms with Crippen LogP contribution < -0.4 is 15.5 Å². The van der Waals surface area contributed by atoms with Crippen LogP contribution in [0.25, 0.3) is 0 Å². The van der Waals surface area contributed by atoms with Crippen LogP contribution in [0.4, 0.5) is 33.3 Å². The van der Waals surface area contributed by atoms with E-state index >= 15 is 0 Å². The number of hydrogen-bond donors (Lipinski definition) is 3. The van der Waals surface area contributed by atoms with Gasteiger partial charge in [0.1, 0.15) is 0 Å². The molecule has 1 atom stereocenters. The summed E-state index contributed by atoms with van der Waals surface area (Å²) in [4.78, 5) is 31.0. The number of benzene rings is 2. The van der Waals surface area contributed by atoms with Crippen molar-refractivity contribution in [3.05, 3.63) is 58.1 Å². The van der Waals surface area contributed by atoms with Gasteiger partial charge in [-0.15, -0.1) is 0 Å². The molecule has 0 saturated carbocycles. The summed E-state index contributed by atoms with van der Waals surface area (Å²) >= 11 is 6.20. The molecule has 2 aliphatic heterocycles. The third-order valence-electron chi connectivity index (χ3n) is 7.15. The Labute approximate surface area is 239 Å². The molecule has 8 nitrogen and oxygen atoms in total. The maximum absolute atomic E-state index is 14.8. The normalized spacial score (nSPS) is 18.5. The molecule has 1 unspecified atom stereocenters. The lowest BCUT2D eigenvalue weighted by molar-refractivity contribution is -0.138. The number of nitrogens with one attached hydrogen (secondary N) is 2. The minimum absolute atomic E-state index is 0.0346. The highest BCUT2D eigenvalue weighted by Crippen LogP contribution is 2.31. The minimum atomic E-state index is -4.24. The molecule has 3 N–H and O–H groups in total. The van der Waals surface area contributed by atoms with Gasteiger partial charge in [-0.3, -0.25) is 19.4 Å². The van der Waals surface area contributed by atoms with Crippen LogP contribution in [0.15, 0.2) is 30.3 Å². The maximum atomic E-state index is 14.8. The van der Waals surface area contributed by atoms with Crippen molar-refractivity contribution in [2.45, 2.75) is 31.7 Å². The van der Waals surface area contributed by atoms with E-state index in [1.165, 1.54) is 0 Å². The number of alkyl halides is 3. The molecule has 4 rings (SSSR count). The van der Waals surface area contributed by atoms with E-state index in [4.69, 9.17) is 11.6 Å². The highest BCUT2D eigenvalue weighted by Gasteiger charge is 2.29. The van der Waals surface area contributed by atoms with Crippen molar-refractivity contribution in [3.8, 4) is 0 Å². The van der Waals surface area contributed by atoms with Gasteiger partial charge in [0.25, 0.3) is 5.91 Å². The van der Waals surface area contributed by atoms with Crippen molar-refractivity contribution in [1.82, 2.24) is 15.1 Å². The summed E-state index contributed by atoms with van der Waals surface area (Å²) < 4.78 is 66.7. The Balaban J connectivity index is 1.45. The number of aliphatic hydroxyl groups excluding tert-OH is 1. The van der Waals surface area contributed by atoms with Gasteiger partial charge in [0.15, 0.2) is 11.6 Å². The minimum Gasteiger partial charge on any atom is -0.392 e. The molecule has 2 heterocycles. The Bertz CT molecular complexity index is 1260. The summed E-state index contributed by atoms with van der Waals surface area (Å²) in [6.45, 7) is 1.81. The van der Waals surface area contributed by atoms with Crippen molar-refractivity contribution >= 4 is 34.8 Å². The molecule has 14 heteroatoms. The summed E-state index contributed by atoms with van der Waals surface area (Å²) in [7, 11) is 0. The molecule has 41 heavy (non-hydrogen) atoms. The number of carbonyl (C=O) groups is 2. The first-order valence-corrected chi connectivity index (χ1v) is 13.6. The van der Waals surface area contributed by atoms with Crippen molar-refractivity contribution < 1.29 is 36.6 Å². The van der Waals surface area contributed by atoms with Crippen LogP contribution in [0.2, 0.25) is 5.02 Å². The van der Waals surface area contributed by atoms with Gasteiger partial charge in [0.05, 0.1) is 30.4 Å². The van der Waals surface area contributed by atoms with E-state index in [0.717, 1.165) is 12.1 Å². The lowest BCUT2D eigenvalue weighted by Crippen LogP contribution is -2.47. The molecule has 2 fully saturated rings. The number of nitrogens with zero attached hydrogens (tertiary/aromatic N) is 3. The van der Waals surface area contributed by atoms with E-state index < -0.39 is 48.7 Å². The van der Waals surface area contributed by atoms with Gasteiger partial charge in [-0.05, 0) is 36.8 Å². The summed E-state index contributed by atoms with van der Waals surface area (Å²) in [6.07, 6.45) is -5.12. The zero-order chi connectivity index (χ0) is 29.7. The van der Waals surface area contributed by atoms with Crippen molar-refractivity contribution in [3.63, 3.8) is 0 Å². The molecule has 0 aliphatic carbocycles. The van der Waals surface area contributed by atoms with E-state index in [-0.39, 0.29) is 24.2 Å². The van der Waals surface area contributed by atoms with Crippen LogP contribution in [0.1, 0.15) is 28.8 Å². The fourth-order valence-electron chi connectivity index (χ4n) is 4.94. The summed E-state index contributed by atoms with van der Waals surface area (Å²) in [5, 5.41) is 15.2. The summed E-state index contributed by atoms with van der Waals surface area (Å²) in [5.41, 5.74) is 0.353. The fraction of sp³-hybridized carbons (Fsp3) is 0.481. The van der Waals surface area contributed by atoms with Gasteiger partial charge < -0.3 is 20.6 Å². The first-order chi connectivity index (χ1) is 19.4. The number of rotatable bonds is 9. The first-order valence-electron chi connectivity index (χ1n) is 13.2. The Kier molecular flexibility index (Phi) is 10.1. The third-order valence-corrected chi connectivity index (χ3v) is 7.39. The number of amides is 2. The van der Waals surface area contributed by atoms with Gasteiger partial charge in [-0.2, -0.15) is 13.2 Å². The standard InChI is InChI=1S/C27H31ClF5N5O3/c28-17-1-4-22(23(13-17)38-11-9-36(10-12-38)8-6-27(31,32)33)35-26(41)19-2-3-21(29)25(30)20(19)14-34-24(40)16-37-7-5-18(39)15-37/h1-4,13,18,39H,5-12,14-16H2,(H,34,40)(H,35,41). The molecule has 2 saturated heterocycles. The maximum Gasteiger partial charge on any atom is 0.390 e. The predicted molar refractivity (Wildman–Crippen MR) is 144 cm³/mol. The lowest BCUT2D eigenvalue weighted by atomic mass is 10.0. The lowest BCUT2D eigenvalue weighted by Gasteiger charge is -2.37. The fourth-order valence-corrected chi connectivity index (χ4v) is 5.11. The average Bonchev–Trinajstić information content (AvgIpc) is 3.33. The van der Waals surface area contributed by atoms with Crippen LogP contribution in [0.5, 0.6) is 0 Å². The molecule has 0 bridgehead atoms. The van der Waals surface area contributed by atoms with Crippen molar-refractivity contribution in [1.29, 1.82) is 0 Å². The zero-order valence-corrected chi connectivity index (χ0v) is 22.9. The van der Waals surface area contributed by atoms with E-state index in [1.54, 1.807) is 28.0 Å². The Morgan fingerprint density at radius 3 is 2.41 bits per heavy atom. The molecule has 2 aromatic carbocycles. The van der Waals surface area contributed by atoms with Gasteiger partial charge in [0.2, 0.25) is 5.91 Å². The Hall–Kier alpha value is -3.00. The second-order valence-electron chi connectivity index (χ2n) is 10.2. The molecular formula is C27H31ClF5N5O3. The van der Waals surface area contributed by atoms with Crippen LogP contribution in [-0.4, -0.2) is 91.4 Å². The SMILES string of the molecule is O=C(CN1CCC(O)C1)NCc1c(C(=O)Nc2ccc(Cl)cc2N2CCN(CCC(F)(F)F)CC2)ccc(F)c1F. The summed E-state index contributed by atoms with van der Waals surface area (Å²) in [5.74, 6) is -3.66. The predicted octanol–water partition coefficient (Wildman–Crippen LogP) is 3.63. The molecule has 0 radical (unpaired) electrons. The average molecular weight is 604 g/mol. The molecule has 2 amide bonds. The Morgan fingerprint density at radius 1 is 1.02 bits per heavy atom. The van der Waals surface area contributed by atoms with E-state index in [0.29, 0.717) is 62.1 Å². The second kappa shape index (κ2) is 13.3. The van der Waals surface area contributed by atoms with E-state index in [9.17, 15) is 36.6 Å². The number of hydrogen-bond acceptors (Lipinski definition) is 6. The third kappa shape index (κ3) is 8.51. The highest BCUT2D eigenvalue weighted by molar-refractivity contribution is 6.31. The topological polar surface area (TPSA) is 88.2 Å². The number of halogens is 6. The molecule has 2 aliphatic rings. The highest BCUT2D eigenvalue weighted by atomic mass is 35.5.